The van der Waals surface area contributed by atoms with Crippen LogP contribution in [0, 0.1) is 6.92 Å². The normalized spacial score (nSPS) is 10.5. The molecule has 0 fully saturated rings. The van der Waals surface area contributed by atoms with Crippen LogP contribution in [0.1, 0.15) is 15.9 Å². The zero-order valence-corrected chi connectivity index (χ0v) is 12.2. The molecule has 1 N–H and O–H groups in total. The van der Waals surface area contributed by atoms with Gasteiger partial charge in [0, 0.05) is 11.1 Å². The molecule has 2 aromatic rings. The fourth-order valence-electron chi connectivity index (χ4n) is 1.48. The van der Waals surface area contributed by atoms with E-state index in [0.717, 1.165) is 4.90 Å². The fraction of sp³-hybridized carbons (Fsp3) is 0.0769. The Morgan fingerprint density at radius 3 is 2.68 bits per heavy atom. The van der Waals surface area contributed by atoms with Gasteiger partial charge in [-0.05, 0) is 30.7 Å². The maximum absolute atomic E-state index is 11.1. The number of aryl methyl sites for hydroxylation is 1. The summed E-state index contributed by atoms with van der Waals surface area (Å²) in [6.45, 7) is 1.76. The molecule has 1 heterocycles. The minimum absolute atomic E-state index is 0.273. The van der Waals surface area contributed by atoms with Crippen LogP contribution in [0.5, 0.6) is 0 Å². The maximum atomic E-state index is 11.1. The van der Waals surface area contributed by atoms with Gasteiger partial charge in [0.2, 0.25) is 0 Å². The topological polar surface area (TPSA) is 50.2 Å². The minimum atomic E-state index is -0.949. The van der Waals surface area contributed by atoms with E-state index in [-0.39, 0.29) is 5.56 Å². The highest BCUT2D eigenvalue weighted by Gasteiger charge is 2.10. The number of benzene rings is 1. The molecule has 0 bridgehead atoms. The van der Waals surface area contributed by atoms with Crippen LogP contribution in [0.2, 0.25) is 10.0 Å². The second-order valence-electron chi connectivity index (χ2n) is 3.82. The Balaban J connectivity index is 2.33. The number of halogens is 2. The average Bonchev–Trinajstić information content (AvgIpc) is 2.34. The molecule has 0 aliphatic carbocycles. The van der Waals surface area contributed by atoms with Crippen LogP contribution >= 0.6 is 35.0 Å². The van der Waals surface area contributed by atoms with E-state index in [1.165, 1.54) is 18.0 Å². The highest BCUT2D eigenvalue weighted by Crippen LogP contribution is 2.33. The molecule has 1 aromatic heterocycles. The predicted octanol–water partition coefficient (Wildman–Crippen LogP) is 4.55. The highest BCUT2D eigenvalue weighted by molar-refractivity contribution is 7.99. The second-order valence-corrected chi connectivity index (χ2v) is 5.73. The molecular weight excluding hydrogens is 305 g/mol. The van der Waals surface area contributed by atoms with Gasteiger partial charge in [-0.15, -0.1) is 0 Å². The van der Waals surface area contributed by atoms with Crippen LogP contribution in [0.15, 0.2) is 40.4 Å². The number of carboxylic acids is 1. The van der Waals surface area contributed by atoms with Crippen LogP contribution in [0.3, 0.4) is 0 Å². The number of carboxylic acid groups (broad SMARTS) is 1. The van der Waals surface area contributed by atoms with E-state index in [1.807, 2.05) is 6.07 Å². The number of nitrogens with zero attached hydrogens (tertiary/aromatic N) is 1. The van der Waals surface area contributed by atoms with Crippen molar-refractivity contribution in [2.24, 2.45) is 0 Å². The van der Waals surface area contributed by atoms with Crippen molar-refractivity contribution >= 4 is 40.9 Å². The average molecular weight is 314 g/mol. The summed E-state index contributed by atoms with van der Waals surface area (Å²) < 4.78 is 0. The van der Waals surface area contributed by atoms with Crippen LogP contribution in [0.4, 0.5) is 0 Å². The first-order chi connectivity index (χ1) is 8.97. The number of rotatable bonds is 3. The summed E-state index contributed by atoms with van der Waals surface area (Å²) in [4.78, 5) is 16.0. The Kier molecular flexibility index (Phi) is 4.34. The number of hydrogen-bond acceptors (Lipinski definition) is 3. The van der Waals surface area contributed by atoms with Crippen LogP contribution in [-0.4, -0.2) is 16.1 Å². The van der Waals surface area contributed by atoms with E-state index in [2.05, 4.69) is 4.98 Å². The summed E-state index contributed by atoms with van der Waals surface area (Å²) in [5.74, 6) is -0.949. The summed E-state index contributed by atoms with van der Waals surface area (Å²) in [5.41, 5.74) is 0.988. The Morgan fingerprint density at radius 2 is 2.05 bits per heavy atom. The third-order valence-electron chi connectivity index (χ3n) is 2.43. The van der Waals surface area contributed by atoms with Gasteiger partial charge < -0.3 is 5.11 Å². The lowest BCUT2D eigenvalue weighted by molar-refractivity contribution is 0.0696. The van der Waals surface area contributed by atoms with Gasteiger partial charge in [-0.1, -0.05) is 41.0 Å². The number of aromatic carboxylic acids is 1. The van der Waals surface area contributed by atoms with Crippen molar-refractivity contribution in [1.82, 2.24) is 4.98 Å². The van der Waals surface area contributed by atoms with E-state index < -0.39 is 5.97 Å². The molecule has 0 atom stereocenters. The summed E-state index contributed by atoms with van der Waals surface area (Å²) in [6, 6.07) is 6.80. The predicted molar refractivity (Wildman–Crippen MR) is 76.5 cm³/mol. The van der Waals surface area contributed by atoms with Gasteiger partial charge in [0.25, 0.3) is 0 Å². The van der Waals surface area contributed by atoms with E-state index in [4.69, 9.17) is 28.3 Å². The van der Waals surface area contributed by atoms with Gasteiger partial charge in [-0.3, -0.25) is 0 Å². The van der Waals surface area contributed by atoms with E-state index in [9.17, 15) is 4.79 Å². The first-order valence-electron chi connectivity index (χ1n) is 5.30. The third-order valence-corrected chi connectivity index (χ3v) is 4.04. The van der Waals surface area contributed by atoms with Crippen molar-refractivity contribution in [2.45, 2.75) is 16.8 Å². The number of aromatic nitrogens is 1. The number of pyridine rings is 1. The molecule has 0 aliphatic heterocycles. The smallest absolute Gasteiger partial charge is 0.335 e. The molecule has 19 heavy (non-hydrogen) atoms. The Hall–Kier alpha value is -1.23. The SMILES string of the molecule is Cc1ccc(Sc2ncc(Cl)cc2Cl)cc1C(=O)O. The summed E-state index contributed by atoms with van der Waals surface area (Å²) in [5, 5.41) is 10.6. The summed E-state index contributed by atoms with van der Waals surface area (Å²) >= 11 is 13.1. The molecule has 0 spiro atoms. The van der Waals surface area contributed by atoms with Gasteiger partial charge in [0.1, 0.15) is 5.03 Å². The molecule has 6 heteroatoms. The molecule has 0 saturated carbocycles. The summed E-state index contributed by atoms with van der Waals surface area (Å²) in [7, 11) is 0. The molecule has 0 aliphatic rings. The van der Waals surface area contributed by atoms with Gasteiger partial charge in [-0.25, -0.2) is 9.78 Å². The molecule has 0 unspecified atom stereocenters. The van der Waals surface area contributed by atoms with E-state index in [1.54, 1.807) is 25.1 Å². The third kappa shape index (κ3) is 3.41. The minimum Gasteiger partial charge on any atom is -0.478 e. The first kappa shape index (κ1) is 14.2. The second kappa shape index (κ2) is 5.82. The monoisotopic (exact) mass is 313 g/mol. The van der Waals surface area contributed by atoms with Crippen molar-refractivity contribution in [3.63, 3.8) is 0 Å². The maximum Gasteiger partial charge on any atom is 0.335 e. The molecule has 0 radical (unpaired) electrons. The quantitative estimate of drug-likeness (QED) is 0.903. The standard InChI is InChI=1S/C13H9Cl2NO2S/c1-7-2-3-9(5-10(7)13(17)18)19-12-11(15)4-8(14)6-16-12/h2-6H,1H3,(H,17,18). The molecule has 98 valence electrons. The highest BCUT2D eigenvalue weighted by atomic mass is 35.5. The van der Waals surface area contributed by atoms with Crippen molar-refractivity contribution in [1.29, 1.82) is 0 Å². The molecular formula is C13H9Cl2NO2S. The number of hydrogen-bond donors (Lipinski definition) is 1. The van der Waals surface area contributed by atoms with Crippen molar-refractivity contribution in [3.05, 3.63) is 51.6 Å². The molecule has 1 aromatic carbocycles. The molecule has 0 amide bonds. The molecule has 3 nitrogen and oxygen atoms in total. The zero-order chi connectivity index (χ0) is 14.0. The zero-order valence-electron chi connectivity index (χ0n) is 9.85. The van der Waals surface area contributed by atoms with E-state index in [0.29, 0.717) is 20.6 Å². The molecule has 0 saturated heterocycles. The Morgan fingerprint density at radius 1 is 1.32 bits per heavy atom. The summed E-state index contributed by atoms with van der Waals surface area (Å²) in [6.07, 6.45) is 1.50. The Bertz CT molecular complexity index is 647. The van der Waals surface area contributed by atoms with E-state index >= 15 is 0 Å². The van der Waals surface area contributed by atoms with Crippen LogP contribution in [-0.2, 0) is 0 Å². The lowest BCUT2D eigenvalue weighted by Crippen LogP contribution is -1.99. The van der Waals surface area contributed by atoms with Gasteiger partial charge in [-0.2, -0.15) is 0 Å². The molecule has 2 rings (SSSR count). The van der Waals surface area contributed by atoms with Crippen molar-refractivity contribution < 1.29 is 9.90 Å². The largest absolute Gasteiger partial charge is 0.478 e. The van der Waals surface area contributed by atoms with Crippen LogP contribution in [0.25, 0.3) is 0 Å². The van der Waals surface area contributed by atoms with Crippen molar-refractivity contribution in [3.8, 4) is 0 Å². The van der Waals surface area contributed by atoms with Gasteiger partial charge in [0.05, 0.1) is 15.6 Å². The lowest BCUT2D eigenvalue weighted by Gasteiger charge is -2.06. The van der Waals surface area contributed by atoms with Crippen molar-refractivity contribution in [2.75, 3.05) is 0 Å². The van der Waals surface area contributed by atoms with Gasteiger partial charge in [0.15, 0.2) is 0 Å². The lowest BCUT2D eigenvalue weighted by atomic mass is 10.1. The Labute approximate surface area is 124 Å². The first-order valence-corrected chi connectivity index (χ1v) is 6.87. The van der Waals surface area contributed by atoms with Gasteiger partial charge >= 0.3 is 5.97 Å². The number of carbonyl (C=O) groups is 1. The van der Waals surface area contributed by atoms with Crippen LogP contribution < -0.4 is 0 Å². The fourth-order valence-corrected chi connectivity index (χ4v) is 2.78.